The van der Waals surface area contributed by atoms with Crippen molar-refractivity contribution in [2.75, 3.05) is 19.6 Å². The van der Waals surface area contributed by atoms with Gasteiger partial charge in [0.15, 0.2) is 0 Å². The Balaban J connectivity index is 1.41. The van der Waals surface area contributed by atoms with Gasteiger partial charge in [-0.1, -0.05) is 54.6 Å². The lowest BCUT2D eigenvalue weighted by Crippen LogP contribution is -2.42. The zero-order valence-corrected chi connectivity index (χ0v) is 13.8. The number of amides is 1. The first-order valence-corrected chi connectivity index (χ1v) is 8.48. The highest BCUT2D eigenvalue weighted by atomic mass is 16.3. The second kappa shape index (κ2) is 8.08. The van der Waals surface area contributed by atoms with Crippen LogP contribution in [0.25, 0.3) is 0 Å². The Morgan fingerprint density at radius 1 is 1.08 bits per heavy atom. The van der Waals surface area contributed by atoms with E-state index in [4.69, 9.17) is 0 Å². The van der Waals surface area contributed by atoms with Gasteiger partial charge in [-0.15, -0.1) is 0 Å². The lowest BCUT2D eigenvalue weighted by molar-refractivity contribution is -0.121. The summed E-state index contributed by atoms with van der Waals surface area (Å²) in [6, 6.07) is 18.1. The first kappa shape index (κ1) is 16.7. The van der Waals surface area contributed by atoms with Crippen molar-refractivity contribution in [2.24, 2.45) is 0 Å². The molecule has 0 spiro atoms. The molecule has 0 unspecified atom stereocenters. The average molecular weight is 324 g/mol. The van der Waals surface area contributed by atoms with E-state index in [1.165, 1.54) is 11.1 Å². The highest BCUT2D eigenvalue weighted by molar-refractivity contribution is 5.78. The zero-order chi connectivity index (χ0) is 16.8. The fraction of sp³-hybridized carbons (Fsp3) is 0.350. The molecule has 3 rings (SSSR count). The minimum atomic E-state index is -0.546. The molecule has 2 aromatic rings. The minimum absolute atomic E-state index is 0.0516. The van der Waals surface area contributed by atoms with Crippen molar-refractivity contribution in [3.05, 3.63) is 71.3 Å². The van der Waals surface area contributed by atoms with E-state index in [1.54, 1.807) is 0 Å². The van der Waals surface area contributed by atoms with Crippen LogP contribution in [0.5, 0.6) is 0 Å². The summed E-state index contributed by atoms with van der Waals surface area (Å²) in [7, 11) is 0. The fourth-order valence-electron chi connectivity index (χ4n) is 3.15. The van der Waals surface area contributed by atoms with Crippen LogP contribution in [0, 0.1) is 0 Å². The van der Waals surface area contributed by atoms with Crippen molar-refractivity contribution in [3.8, 4) is 0 Å². The molecule has 1 heterocycles. The molecule has 0 saturated carbocycles. The third kappa shape index (κ3) is 4.66. The van der Waals surface area contributed by atoms with Crippen LogP contribution in [0.3, 0.4) is 0 Å². The Morgan fingerprint density at radius 3 is 2.58 bits per heavy atom. The normalized spacial score (nSPS) is 15.5. The number of nitrogens with zero attached hydrogens (tertiary/aromatic N) is 1. The van der Waals surface area contributed by atoms with E-state index in [-0.39, 0.29) is 5.91 Å². The Kier molecular flexibility index (Phi) is 5.62. The van der Waals surface area contributed by atoms with E-state index in [1.807, 2.05) is 30.3 Å². The van der Waals surface area contributed by atoms with Gasteiger partial charge in [0.05, 0.1) is 12.5 Å². The number of rotatable bonds is 6. The minimum Gasteiger partial charge on any atom is -0.390 e. The summed E-state index contributed by atoms with van der Waals surface area (Å²) in [6.07, 6.45) is 0.823. The van der Waals surface area contributed by atoms with Gasteiger partial charge in [-0.2, -0.15) is 0 Å². The SMILES string of the molecule is O=C(Cc1ccccc1)NC[C@@H](O)CN1CCc2ccccc2C1. The molecule has 1 aliphatic heterocycles. The number of aliphatic hydroxyl groups is 1. The predicted octanol–water partition coefficient (Wildman–Crippen LogP) is 1.76. The third-order valence-corrected chi connectivity index (χ3v) is 4.42. The van der Waals surface area contributed by atoms with Crippen molar-refractivity contribution in [2.45, 2.75) is 25.5 Å². The van der Waals surface area contributed by atoms with E-state index >= 15 is 0 Å². The van der Waals surface area contributed by atoms with E-state index in [9.17, 15) is 9.90 Å². The van der Waals surface area contributed by atoms with Crippen molar-refractivity contribution < 1.29 is 9.90 Å². The van der Waals surface area contributed by atoms with Gasteiger partial charge in [-0.05, 0) is 23.1 Å². The van der Waals surface area contributed by atoms with Crippen LogP contribution in [0.2, 0.25) is 0 Å². The molecule has 0 fully saturated rings. The molecule has 0 bridgehead atoms. The molecular weight excluding hydrogens is 300 g/mol. The van der Waals surface area contributed by atoms with Crippen LogP contribution in [0.4, 0.5) is 0 Å². The van der Waals surface area contributed by atoms with E-state index < -0.39 is 6.10 Å². The fourth-order valence-corrected chi connectivity index (χ4v) is 3.15. The second-order valence-electron chi connectivity index (χ2n) is 6.37. The average Bonchev–Trinajstić information content (AvgIpc) is 2.61. The summed E-state index contributed by atoms with van der Waals surface area (Å²) in [5, 5.41) is 13.0. The van der Waals surface area contributed by atoms with Crippen molar-refractivity contribution in [1.82, 2.24) is 10.2 Å². The van der Waals surface area contributed by atoms with Crippen LogP contribution in [0.15, 0.2) is 54.6 Å². The Labute approximate surface area is 143 Å². The molecule has 1 atom stereocenters. The third-order valence-electron chi connectivity index (χ3n) is 4.42. The van der Waals surface area contributed by atoms with Gasteiger partial charge in [0.2, 0.25) is 5.91 Å². The molecule has 4 heteroatoms. The summed E-state index contributed by atoms with van der Waals surface area (Å²) in [4.78, 5) is 14.2. The number of carbonyl (C=O) groups is 1. The molecule has 1 amide bonds. The van der Waals surface area contributed by atoms with Crippen LogP contribution in [0.1, 0.15) is 16.7 Å². The number of hydrogen-bond acceptors (Lipinski definition) is 3. The molecular formula is C20H24N2O2. The molecule has 24 heavy (non-hydrogen) atoms. The molecule has 0 radical (unpaired) electrons. The smallest absolute Gasteiger partial charge is 0.224 e. The molecule has 2 N–H and O–H groups in total. The number of nitrogens with one attached hydrogen (secondary N) is 1. The van der Waals surface area contributed by atoms with Crippen molar-refractivity contribution in [1.29, 1.82) is 0 Å². The van der Waals surface area contributed by atoms with Gasteiger partial charge in [-0.3, -0.25) is 9.69 Å². The van der Waals surface area contributed by atoms with Gasteiger partial charge in [0.25, 0.3) is 0 Å². The Bertz CT molecular complexity index is 672. The van der Waals surface area contributed by atoms with Crippen LogP contribution in [-0.4, -0.2) is 41.7 Å². The number of carbonyl (C=O) groups excluding carboxylic acids is 1. The van der Waals surface area contributed by atoms with Crippen LogP contribution in [-0.2, 0) is 24.2 Å². The van der Waals surface area contributed by atoms with Crippen molar-refractivity contribution >= 4 is 5.91 Å². The summed E-state index contributed by atoms with van der Waals surface area (Å²) in [6.45, 7) is 2.70. The summed E-state index contributed by atoms with van der Waals surface area (Å²) in [5.41, 5.74) is 3.72. The van der Waals surface area contributed by atoms with Crippen LogP contribution < -0.4 is 5.32 Å². The number of benzene rings is 2. The number of fused-ring (bicyclic) bond motifs is 1. The van der Waals surface area contributed by atoms with Gasteiger partial charge in [0.1, 0.15) is 0 Å². The first-order valence-electron chi connectivity index (χ1n) is 8.48. The maximum atomic E-state index is 11.9. The quantitative estimate of drug-likeness (QED) is 0.851. The number of hydrogen-bond donors (Lipinski definition) is 2. The maximum Gasteiger partial charge on any atom is 0.224 e. The van der Waals surface area contributed by atoms with Gasteiger partial charge in [-0.25, -0.2) is 0 Å². The van der Waals surface area contributed by atoms with Crippen LogP contribution >= 0.6 is 0 Å². The highest BCUT2D eigenvalue weighted by Crippen LogP contribution is 2.18. The predicted molar refractivity (Wildman–Crippen MR) is 94.6 cm³/mol. The number of aliphatic hydroxyl groups excluding tert-OH is 1. The van der Waals surface area contributed by atoms with E-state index in [0.29, 0.717) is 19.5 Å². The summed E-state index contributed by atoms with van der Waals surface area (Å²) < 4.78 is 0. The molecule has 2 aromatic carbocycles. The standard InChI is InChI=1S/C20H24N2O2/c23-19(13-21-20(24)12-16-6-2-1-3-7-16)15-22-11-10-17-8-4-5-9-18(17)14-22/h1-9,19,23H,10-15H2,(H,21,24)/t19-/m1/s1. The molecule has 0 aliphatic carbocycles. The zero-order valence-electron chi connectivity index (χ0n) is 13.8. The monoisotopic (exact) mass is 324 g/mol. The largest absolute Gasteiger partial charge is 0.390 e. The maximum absolute atomic E-state index is 11.9. The summed E-state index contributed by atoms with van der Waals surface area (Å²) >= 11 is 0. The first-order chi connectivity index (χ1) is 11.7. The molecule has 1 aliphatic rings. The Hall–Kier alpha value is -2.17. The Morgan fingerprint density at radius 2 is 1.79 bits per heavy atom. The van der Waals surface area contributed by atoms with E-state index in [2.05, 4.69) is 34.5 Å². The highest BCUT2D eigenvalue weighted by Gasteiger charge is 2.18. The van der Waals surface area contributed by atoms with E-state index in [0.717, 1.165) is 25.1 Å². The van der Waals surface area contributed by atoms with Crippen molar-refractivity contribution in [3.63, 3.8) is 0 Å². The molecule has 126 valence electrons. The topological polar surface area (TPSA) is 52.6 Å². The molecule has 4 nitrogen and oxygen atoms in total. The van der Waals surface area contributed by atoms with Gasteiger partial charge in [0, 0.05) is 26.2 Å². The van der Waals surface area contributed by atoms with Gasteiger partial charge >= 0.3 is 0 Å². The second-order valence-corrected chi connectivity index (χ2v) is 6.37. The lowest BCUT2D eigenvalue weighted by Gasteiger charge is -2.30. The summed E-state index contributed by atoms with van der Waals surface area (Å²) in [5.74, 6) is -0.0516. The lowest BCUT2D eigenvalue weighted by atomic mass is 10.00. The number of β-amino-alcohol motifs (C(OH)–C–C–N with tert-alkyl or cyclic N) is 1. The molecule has 0 saturated heterocycles. The van der Waals surface area contributed by atoms with Gasteiger partial charge < -0.3 is 10.4 Å². The molecule has 0 aromatic heterocycles.